The molecule has 5 nitrogen and oxygen atoms in total. The minimum Gasteiger partial charge on any atom is -0.361 e. The van der Waals surface area contributed by atoms with Crippen LogP contribution in [0.15, 0.2) is 234 Å². The lowest BCUT2D eigenvalue weighted by molar-refractivity contribution is 0.563. The van der Waals surface area contributed by atoms with Crippen LogP contribution in [0.25, 0.3) is 50.5 Å². The van der Waals surface area contributed by atoms with Crippen molar-refractivity contribution in [3.8, 4) is 44.9 Å². The van der Waals surface area contributed by atoms with Crippen LogP contribution < -0.4 is 5.32 Å². The Labute approximate surface area is 415 Å². The molecule has 4 aliphatic rings. The van der Waals surface area contributed by atoms with Crippen LogP contribution in [0.3, 0.4) is 0 Å². The highest BCUT2D eigenvalue weighted by Crippen LogP contribution is 2.63. The topological polar surface area (TPSA) is 62.5 Å². The number of amidine groups is 2. The van der Waals surface area contributed by atoms with Crippen molar-refractivity contribution in [2.75, 3.05) is 6.54 Å². The van der Waals surface area contributed by atoms with E-state index in [1.165, 1.54) is 61.2 Å². The van der Waals surface area contributed by atoms with E-state index in [0.29, 0.717) is 12.4 Å². The molecule has 0 radical (unpaired) electrons. The van der Waals surface area contributed by atoms with E-state index in [9.17, 15) is 0 Å². The molecule has 1 N–H and O–H groups in total. The van der Waals surface area contributed by atoms with Crippen molar-refractivity contribution in [2.45, 2.75) is 43.6 Å². The van der Waals surface area contributed by atoms with Crippen molar-refractivity contribution in [3.63, 3.8) is 0 Å². The van der Waals surface area contributed by atoms with Gasteiger partial charge in [0, 0.05) is 27.7 Å². The number of hydrogen-bond donors (Lipinski definition) is 1. The van der Waals surface area contributed by atoms with Crippen molar-refractivity contribution in [3.05, 3.63) is 280 Å². The Kier molecular flexibility index (Phi) is 10.3. The van der Waals surface area contributed by atoms with Gasteiger partial charge in [-0.15, -0.1) is 0 Å². The van der Waals surface area contributed by atoms with Crippen LogP contribution in [0.5, 0.6) is 0 Å². The number of rotatable bonds is 7. The molecule has 5 heteroatoms. The fourth-order valence-corrected chi connectivity index (χ4v) is 11.8. The SMILES string of the molecule is CC1(C)c2ccccc2C2(c3ccc(-c4cc(C5=CC=CCC5)nc(-c5ccccc5)n4)cc3-c3c(C4CN=C(c5ccccc5)N=C(c5ccc(-c6ccccc6)cc5)N4)cccc32)c2ccccc21. The summed E-state index contributed by atoms with van der Waals surface area (Å²) in [5, 5.41) is 4.03. The number of aromatic nitrogens is 2. The van der Waals surface area contributed by atoms with E-state index in [1.54, 1.807) is 0 Å². The average Bonchev–Trinajstić information content (AvgIpc) is 3.55. The number of benzene rings is 8. The molecule has 0 bridgehead atoms. The van der Waals surface area contributed by atoms with E-state index in [2.05, 4.69) is 232 Å². The Morgan fingerprint density at radius 1 is 0.493 bits per heavy atom. The largest absolute Gasteiger partial charge is 0.361 e. The molecule has 0 amide bonds. The lowest BCUT2D eigenvalue weighted by atomic mass is 9.55. The molecule has 1 unspecified atom stereocenters. The third-order valence-electron chi connectivity index (χ3n) is 15.2. The van der Waals surface area contributed by atoms with Crippen LogP contribution in [0.2, 0.25) is 0 Å². The lowest BCUT2D eigenvalue weighted by Gasteiger charge is -2.46. The summed E-state index contributed by atoms with van der Waals surface area (Å²) in [4.78, 5) is 21.3. The highest BCUT2D eigenvalue weighted by Gasteiger charge is 2.54. The van der Waals surface area contributed by atoms with Gasteiger partial charge < -0.3 is 5.32 Å². The van der Waals surface area contributed by atoms with E-state index in [4.69, 9.17) is 20.0 Å². The summed E-state index contributed by atoms with van der Waals surface area (Å²) >= 11 is 0. The van der Waals surface area contributed by atoms with Crippen molar-refractivity contribution < 1.29 is 0 Å². The fraction of sp³-hybridized carbons (Fsp3) is 0.121. The average molecular weight is 914 g/mol. The molecule has 0 fully saturated rings. The standard InChI is InChI=1S/C66H51N5/c1-65(2)53-29-15-17-31-55(53)66(56-32-18-16-30-54(56)65)52-39-38-49(59-41-58(45-22-9-4-10-23-45)68-63(69-59)47-26-13-6-14-27-47)40-51(52)61-50(28-19-33-57(61)66)60-42-67-62(46-24-11-5-12-25-46)71-64(70-60)48-36-34-44(35-37-48)43-20-7-3-8-21-43/h3-9,11-22,24-41,60H,10,23,42H2,1-2H3,(H,67,70,71). The summed E-state index contributed by atoms with van der Waals surface area (Å²) in [6, 6.07) is 74.4. The smallest absolute Gasteiger partial charge is 0.160 e. The Bertz CT molecular complexity index is 3610. The van der Waals surface area contributed by atoms with Crippen LogP contribution in [0.4, 0.5) is 0 Å². The predicted molar refractivity (Wildman–Crippen MR) is 291 cm³/mol. The Balaban J connectivity index is 1.04. The molecule has 2 heterocycles. The second-order valence-corrected chi connectivity index (χ2v) is 19.6. The molecule has 340 valence electrons. The van der Waals surface area contributed by atoms with Gasteiger partial charge in [-0.25, -0.2) is 15.0 Å². The van der Waals surface area contributed by atoms with Gasteiger partial charge in [0.25, 0.3) is 0 Å². The molecule has 1 spiro atoms. The third kappa shape index (κ3) is 7.06. The maximum Gasteiger partial charge on any atom is 0.160 e. The highest BCUT2D eigenvalue weighted by molar-refractivity contribution is 6.12. The van der Waals surface area contributed by atoms with Crippen molar-refractivity contribution in [1.82, 2.24) is 15.3 Å². The first-order valence-electron chi connectivity index (χ1n) is 24.9. The minimum atomic E-state index is -0.597. The zero-order valence-corrected chi connectivity index (χ0v) is 39.8. The molecule has 9 aromatic rings. The second kappa shape index (κ2) is 17.1. The van der Waals surface area contributed by atoms with E-state index in [0.717, 1.165) is 63.7 Å². The first-order chi connectivity index (χ1) is 34.9. The lowest BCUT2D eigenvalue weighted by Crippen LogP contribution is -2.40. The van der Waals surface area contributed by atoms with E-state index < -0.39 is 5.41 Å². The van der Waals surface area contributed by atoms with Gasteiger partial charge in [0.05, 0.1) is 29.4 Å². The maximum absolute atomic E-state index is 5.37. The number of nitrogens with zero attached hydrogens (tertiary/aromatic N) is 4. The first-order valence-corrected chi connectivity index (χ1v) is 24.9. The minimum absolute atomic E-state index is 0.222. The highest BCUT2D eigenvalue weighted by atomic mass is 15.1. The molecule has 0 saturated carbocycles. The number of fused-ring (bicyclic) bond motifs is 9. The molecular weight excluding hydrogens is 863 g/mol. The molecule has 1 aliphatic heterocycles. The van der Waals surface area contributed by atoms with Gasteiger partial charge in [0.15, 0.2) is 11.7 Å². The van der Waals surface area contributed by atoms with Gasteiger partial charge >= 0.3 is 0 Å². The normalized spacial score (nSPS) is 16.8. The monoisotopic (exact) mass is 913 g/mol. The first kappa shape index (κ1) is 42.6. The fourth-order valence-electron chi connectivity index (χ4n) is 11.8. The van der Waals surface area contributed by atoms with Gasteiger partial charge in [-0.05, 0) is 91.7 Å². The third-order valence-corrected chi connectivity index (χ3v) is 15.2. The maximum atomic E-state index is 5.37. The molecule has 71 heavy (non-hydrogen) atoms. The molecule has 0 saturated heterocycles. The van der Waals surface area contributed by atoms with Crippen LogP contribution in [0, 0.1) is 0 Å². The predicted octanol–water partition coefficient (Wildman–Crippen LogP) is 14.8. The van der Waals surface area contributed by atoms with E-state index >= 15 is 0 Å². The molecule has 1 aromatic heterocycles. The summed E-state index contributed by atoms with van der Waals surface area (Å²) in [7, 11) is 0. The van der Waals surface area contributed by atoms with Gasteiger partial charge in [-0.3, -0.25) is 4.99 Å². The number of aliphatic imine (C=N–C) groups is 2. The van der Waals surface area contributed by atoms with Gasteiger partial charge in [-0.1, -0.05) is 226 Å². The van der Waals surface area contributed by atoms with Crippen molar-refractivity contribution in [2.24, 2.45) is 9.98 Å². The van der Waals surface area contributed by atoms with Crippen LogP contribution >= 0.6 is 0 Å². The summed E-state index contributed by atoms with van der Waals surface area (Å²) in [6.45, 7) is 5.25. The van der Waals surface area contributed by atoms with Gasteiger partial charge in [0.2, 0.25) is 0 Å². The molecule has 8 aromatic carbocycles. The Morgan fingerprint density at radius 2 is 1.07 bits per heavy atom. The van der Waals surface area contributed by atoms with Crippen molar-refractivity contribution >= 4 is 17.2 Å². The quantitative estimate of drug-likeness (QED) is 0.173. The number of hydrogen-bond acceptors (Lipinski definition) is 5. The van der Waals surface area contributed by atoms with Gasteiger partial charge in [0.1, 0.15) is 5.84 Å². The van der Waals surface area contributed by atoms with Crippen molar-refractivity contribution in [1.29, 1.82) is 0 Å². The van der Waals surface area contributed by atoms with Crippen LogP contribution in [-0.2, 0) is 10.8 Å². The van der Waals surface area contributed by atoms with E-state index in [1.807, 2.05) is 12.1 Å². The number of nitrogens with one attached hydrogen (secondary N) is 1. The summed E-state index contributed by atoms with van der Waals surface area (Å²) in [5.41, 5.74) is 20.1. The van der Waals surface area contributed by atoms with E-state index in [-0.39, 0.29) is 11.5 Å². The Hall–Kier alpha value is -8.54. The molecular formula is C66H51N5. The molecule has 13 rings (SSSR count). The zero-order valence-electron chi connectivity index (χ0n) is 39.8. The zero-order chi connectivity index (χ0) is 47.5. The summed E-state index contributed by atoms with van der Waals surface area (Å²) in [6.07, 6.45) is 8.51. The van der Waals surface area contributed by atoms with Crippen LogP contribution in [-0.4, -0.2) is 28.2 Å². The summed E-state index contributed by atoms with van der Waals surface area (Å²) in [5.74, 6) is 2.23. The summed E-state index contributed by atoms with van der Waals surface area (Å²) < 4.78 is 0. The van der Waals surface area contributed by atoms with Crippen LogP contribution in [0.1, 0.15) is 88.5 Å². The number of allylic oxidation sites excluding steroid dienone is 4. The van der Waals surface area contributed by atoms with Gasteiger partial charge in [-0.2, -0.15) is 0 Å². The second-order valence-electron chi connectivity index (χ2n) is 19.6. The molecule has 3 aliphatic carbocycles. The molecule has 1 atom stereocenters. The Morgan fingerprint density at radius 3 is 1.75 bits per heavy atom.